The Morgan fingerprint density at radius 1 is 0.719 bits per heavy atom. The molecule has 0 aromatic carbocycles. The lowest BCUT2D eigenvalue weighted by atomic mass is 9.89. The lowest BCUT2D eigenvalue weighted by Crippen LogP contribution is -2.45. The second-order valence-electron chi connectivity index (χ2n) is 9.60. The number of carboxylic acids is 1. The van der Waals surface area contributed by atoms with E-state index in [-0.39, 0.29) is 6.42 Å². The minimum atomic E-state index is -1.38. The Kier molecular flexibility index (Phi) is 21.7. The molecule has 0 fully saturated rings. The largest absolute Gasteiger partial charge is 0.479 e. The third kappa shape index (κ3) is 16.9. The quantitative estimate of drug-likeness (QED) is 0.128. The van der Waals surface area contributed by atoms with E-state index in [9.17, 15) is 20.1 Å². The van der Waals surface area contributed by atoms with Gasteiger partial charge in [-0.2, -0.15) is 0 Å². The monoisotopic (exact) mass is 458 g/mol. The molecule has 0 rings (SSSR count). The molecular weight excluding hydrogens is 404 g/mol. The lowest BCUT2D eigenvalue weighted by molar-refractivity contribution is -0.173. The fourth-order valence-electron chi connectivity index (χ4n) is 4.34. The van der Waals surface area contributed by atoms with Crippen LogP contribution in [0.25, 0.3) is 0 Å². The van der Waals surface area contributed by atoms with Crippen LogP contribution in [0.15, 0.2) is 0 Å². The van der Waals surface area contributed by atoms with E-state index < -0.39 is 24.3 Å². The Morgan fingerprint density at radius 2 is 1.12 bits per heavy atom. The number of carbonyl (C=O) groups is 1. The Morgan fingerprint density at radius 3 is 1.53 bits per heavy atom. The molecule has 0 aromatic rings. The molecule has 0 aromatic heterocycles. The van der Waals surface area contributed by atoms with Crippen LogP contribution < -0.4 is 0 Å². The van der Waals surface area contributed by atoms with E-state index >= 15 is 0 Å². The van der Waals surface area contributed by atoms with Crippen LogP contribution in [-0.4, -0.2) is 46.2 Å². The maximum absolute atomic E-state index is 12.1. The molecule has 0 bridgehead atoms. The van der Waals surface area contributed by atoms with Gasteiger partial charge in [-0.25, -0.2) is 4.79 Å². The molecular formula is C27H54O5. The van der Waals surface area contributed by atoms with E-state index in [0.717, 1.165) is 38.5 Å². The topological polar surface area (TPSA) is 87.0 Å². The summed E-state index contributed by atoms with van der Waals surface area (Å²) >= 11 is 0. The van der Waals surface area contributed by atoms with Crippen molar-refractivity contribution in [2.45, 2.75) is 154 Å². The number of ether oxygens (including phenoxy) is 1. The van der Waals surface area contributed by atoms with Crippen molar-refractivity contribution in [1.29, 1.82) is 0 Å². The van der Waals surface area contributed by atoms with Crippen molar-refractivity contribution < 1.29 is 24.9 Å². The van der Waals surface area contributed by atoms with Crippen LogP contribution in [0.3, 0.4) is 0 Å². The van der Waals surface area contributed by atoms with Gasteiger partial charge in [0.25, 0.3) is 0 Å². The molecule has 0 radical (unpaired) electrons. The van der Waals surface area contributed by atoms with Gasteiger partial charge in [-0.05, 0) is 19.3 Å². The van der Waals surface area contributed by atoms with Crippen LogP contribution in [0.5, 0.6) is 0 Å². The summed E-state index contributed by atoms with van der Waals surface area (Å²) in [6.07, 6.45) is 20.7. The predicted molar refractivity (Wildman–Crippen MR) is 133 cm³/mol. The van der Waals surface area contributed by atoms with Crippen LogP contribution in [0.2, 0.25) is 0 Å². The molecule has 0 saturated carbocycles. The standard InChI is InChI=1S/C27H54O5/c1-3-5-7-9-11-12-13-14-15-16-17-19-21-27(26(30)31,23-25(29)24-28)32-22-20-18-10-8-6-4-2/h25,28-29H,3-24H2,1-2H3,(H,30,31). The highest BCUT2D eigenvalue weighted by Crippen LogP contribution is 2.27. The zero-order valence-corrected chi connectivity index (χ0v) is 21.3. The number of aliphatic carboxylic acids is 1. The number of rotatable bonds is 25. The minimum Gasteiger partial charge on any atom is -0.479 e. The van der Waals surface area contributed by atoms with E-state index in [2.05, 4.69) is 13.8 Å². The summed E-state index contributed by atoms with van der Waals surface area (Å²) in [6.45, 7) is 4.39. The third-order valence-electron chi connectivity index (χ3n) is 6.48. The van der Waals surface area contributed by atoms with Gasteiger partial charge < -0.3 is 20.1 Å². The summed E-state index contributed by atoms with van der Waals surface area (Å²) in [5.74, 6) is -1.01. The average Bonchev–Trinajstić information content (AvgIpc) is 2.78. The van der Waals surface area contributed by atoms with Crippen molar-refractivity contribution in [2.75, 3.05) is 13.2 Å². The first kappa shape index (κ1) is 31.4. The molecule has 3 N–H and O–H groups in total. The average molecular weight is 459 g/mol. The van der Waals surface area contributed by atoms with Crippen molar-refractivity contribution in [2.24, 2.45) is 0 Å². The molecule has 0 aliphatic rings. The Bertz CT molecular complexity index is 415. The van der Waals surface area contributed by atoms with Gasteiger partial charge in [0.2, 0.25) is 0 Å². The van der Waals surface area contributed by atoms with Crippen molar-refractivity contribution in [1.82, 2.24) is 0 Å². The second kappa shape index (κ2) is 22.2. The van der Waals surface area contributed by atoms with Crippen LogP contribution in [0.1, 0.15) is 142 Å². The first-order chi connectivity index (χ1) is 15.5. The number of aliphatic hydroxyl groups excluding tert-OH is 2. The molecule has 0 aliphatic carbocycles. The van der Waals surface area contributed by atoms with Crippen molar-refractivity contribution in [3.63, 3.8) is 0 Å². The highest BCUT2D eigenvalue weighted by Gasteiger charge is 2.40. The second-order valence-corrected chi connectivity index (χ2v) is 9.60. The molecule has 2 unspecified atom stereocenters. The molecule has 192 valence electrons. The zero-order valence-electron chi connectivity index (χ0n) is 21.3. The summed E-state index contributed by atoms with van der Waals surface area (Å²) in [7, 11) is 0. The highest BCUT2D eigenvalue weighted by atomic mass is 16.5. The van der Waals surface area contributed by atoms with Crippen LogP contribution in [-0.2, 0) is 9.53 Å². The number of aliphatic hydroxyl groups is 2. The van der Waals surface area contributed by atoms with Gasteiger partial charge in [0.1, 0.15) is 0 Å². The summed E-state index contributed by atoms with van der Waals surface area (Å²) in [5, 5.41) is 29.1. The highest BCUT2D eigenvalue weighted by molar-refractivity contribution is 5.77. The fourth-order valence-corrected chi connectivity index (χ4v) is 4.34. The van der Waals surface area contributed by atoms with Crippen LogP contribution in [0.4, 0.5) is 0 Å². The van der Waals surface area contributed by atoms with Gasteiger partial charge in [-0.1, -0.05) is 117 Å². The molecule has 0 aliphatic heterocycles. The first-order valence-electron chi connectivity index (χ1n) is 13.7. The molecule has 0 heterocycles. The Labute approximate surface area is 198 Å². The SMILES string of the molecule is CCCCCCCCCCCCCCC(CC(O)CO)(OCCCCCCCC)C(=O)O. The zero-order chi connectivity index (χ0) is 23.9. The van der Waals surface area contributed by atoms with E-state index in [0.29, 0.717) is 13.0 Å². The summed E-state index contributed by atoms with van der Waals surface area (Å²) in [6, 6.07) is 0. The smallest absolute Gasteiger partial charge is 0.336 e. The summed E-state index contributed by atoms with van der Waals surface area (Å²) < 4.78 is 5.90. The number of unbranched alkanes of at least 4 members (excludes halogenated alkanes) is 16. The fraction of sp³-hybridized carbons (Fsp3) is 0.963. The van der Waals surface area contributed by atoms with Crippen molar-refractivity contribution >= 4 is 5.97 Å². The molecule has 0 spiro atoms. The molecule has 5 heteroatoms. The van der Waals surface area contributed by atoms with Gasteiger partial charge in [0, 0.05) is 13.0 Å². The van der Waals surface area contributed by atoms with E-state index in [1.807, 2.05) is 0 Å². The third-order valence-corrected chi connectivity index (χ3v) is 6.48. The molecule has 32 heavy (non-hydrogen) atoms. The first-order valence-corrected chi connectivity index (χ1v) is 13.7. The molecule has 5 nitrogen and oxygen atoms in total. The van der Waals surface area contributed by atoms with E-state index in [1.165, 1.54) is 77.0 Å². The van der Waals surface area contributed by atoms with Crippen molar-refractivity contribution in [3.8, 4) is 0 Å². The van der Waals surface area contributed by atoms with Crippen molar-refractivity contribution in [3.05, 3.63) is 0 Å². The van der Waals surface area contributed by atoms with Gasteiger partial charge >= 0.3 is 5.97 Å². The van der Waals surface area contributed by atoms with E-state index in [4.69, 9.17) is 4.74 Å². The normalized spacial score (nSPS) is 14.4. The molecule has 2 atom stereocenters. The van der Waals surface area contributed by atoms with Crippen LogP contribution in [0, 0.1) is 0 Å². The Balaban J connectivity index is 4.20. The maximum atomic E-state index is 12.1. The van der Waals surface area contributed by atoms with E-state index in [1.54, 1.807) is 0 Å². The minimum absolute atomic E-state index is 0.0489. The van der Waals surface area contributed by atoms with Gasteiger partial charge in [0.15, 0.2) is 5.60 Å². The van der Waals surface area contributed by atoms with Gasteiger partial charge in [-0.3, -0.25) is 0 Å². The maximum Gasteiger partial charge on any atom is 0.336 e. The van der Waals surface area contributed by atoms with Crippen LogP contribution >= 0.6 is 0 Å². The number of hydrogen-bond acceptors (Lipinski definition) is 4. The number of hydrogen-bond donors (Lipinski definition) is 3. The molecule has 0 saturated heterocycles. The lowest BCUT2D eigenvalue weighted by Gasteiger charge is -2.31. The Hall–Kier alpha value is -0.650. The summed E-state index contributed by atoms with van der Waals surface area (Å²) in [4.78, 5) is 12.1. The predicted octanol–water partition coefficient (Wildman–Crippen LogP) is 7.02. The molecule has 0 amide bonds. The van der Waals surface area contributed by atoms with Gasteiger partial charge in [-0.15, -0.1) is 0 Å². The van der Waals surface area contributed by atoms with Gasteiger partial charge in [0.05, 0.1) is 12.7 Å². The summed E-state index contributed by atoms with van der Waals surface area (Å²) in [5.41, 5.74) is -1.38. The number of carboxylic acid groups (broad SMARTS) is 1.